The summed E-state index contributed by atoms with van der Waals surface area (Å²) in [6.07, 6.45) is 4.54. The van der Waals surface area contributed by atoms with E-state index >= 15 is 0 Å². The fraction of sp³-hybridized carbons (Fsp3) is 0.545. The van der Waals surface area contributed by atoms with Gasteiger partial charge in [0.05, 0.1) is 0 Å². The number of hydrogen-bond donors (Lipinski definition) is 1. The molecule has 2 N–H and O–H groups in total. The molecule has 15 heavy (non-hydrogen) atoms. The van der Waals surface area contributed by atoms with Crippen molar-refractivity contribution in [1.82, 2.24) is 4.98 Å². The molecule has 1 rings (SSSR count). The van der Waals surface area contributed by atoms with Gasteiger partial charge in [-0.2, -0.15) is 0 Å². The first kappa shape index (κ1) is 12.6. The monoisotopic (exact) mass is 272 g/mol. The second kappa shape index (κ2) is 6.20. The zero-order valence-electron chi connectivity index (χ0n) is 9.11. The molecule has 0 aliphatic rings. The zero-order chi connectivity index (χ0) is 11.3. The number of methoxy groups -OCH3 is 1. The van der Waals surface area contributed by atoms with Gasteiger partial charge < -0.3 is 10.5 Å². The first-order valence-corrected chi connectivity index (χ1v) is 5.79. The smallest absolute Gasteiger partial charge is 0.0465 e. The van der Waals surface area contributed by atoms with Crippen molar-refractivity contribution in [3.05, 3.63) is 28.5 Å². The van der Waals surface area contributed by atoms with Gasteiger partial charge in [-0.1, -0.05) is 6.92 Å². The Labute approximate surface area is 99.2 Å². The molecule has 2 unspecified atom stereocenters. The van der Waals surface area contributed by atoms with E-state index in [0.717, 1.165) is 23.1 Å². The first-order valence-electron chi connectivity index (χ1n) is 5.00. The lowest BCUT2D eigenvalue weighted by atomic mass is 9.94. The summed E-state index contributed by atoms with van der Waals surface area (Å²) < 4.78 is 6.01. The summed E-state index contributed by atoms with van der Waals surface area (Å²) in [5.41, 5.74) is 7.19. The van der Waals surface area contributed by atoms with Gasteiger partial charge in [0, 0.05) is 36.6 Å². The summed E-state index contributed by atoms with van der Waals surface area (Å²) in [4.78, 5) is 4.11. The van der Waals surface area contributed by atoms with Crippen LogP contribution in [0, 0.1) is 5.92 Å². The average Bonchev–Trinajstić information content (AvgIpc) is 2.24. The predicted molar refractivity (Wildman–Crippen MR) is 64.5 cm³/mol. The molecule has 4 heteroatoms. The van der Waals surface area contributed by atoms with E-state index in [1.165, 1.54) is 0 Å². The number of rotatable bonds is 5. The van der Waals surface area contributed by atoms with Crippen LogP contribution in [-0.2, 0) is 4.74 Å². The van der Waals surface area contributed by atoms with Gasteiger partial charge in [0.25, 0.3) is 0 Å². The fourth-order valence-corrected chi connectivity index (χ4v) is 1.80. The Hall–Kier alpha value is -0.450. The maximum atomic E-state index is 6.13. The maximum absolute atomic E-state index is 6.13. The van der Waals surface area contributed by atoms with E-state index in [4.69, 9.17) is 10.5 Å². The lowest BCUT2D eigenvalue weighted by Crippen LogP contribution is -2.20. The summed E-state index contributed by atoms with van der Waals surface area (Å²) in [6.45, 7) is 2.88. The van der Waals surface area contributed by atoms with Crippen molar-refractivity contribution in [1.29, 1.82) is 0 Å². The molecule has 0 amide bonds. The van der Waals surface area contributed by atoms with Gasteiger partial charge in [0.15, 0.2) is 0 Å². The van der Waals surface area contributed by atoms with Gasteiger partial charge in [0.2, 0.25) is 0 Å². The first-order chi connectivity index (χ1) is 7.15. The van der Waals surface area contributed by atoms with Crippen LogP contribution in [0.5, 0.6) is 0 Å². The number of nitrogens with two attached hydrogens (primary N) is 1. The van der Waals surface area contributed by atoms with Gasteiger partial charge in [-0.05, 0) is 39.9 Å². The maximum Gasteiger partial charge on any atom is 0.0465 e. The minimum atomic E-state index is 0.0187. The highest BCUT2D eigenvalue weighted by Gasteiger charge is 2.14. The van der Waals surface area contributed by atoms with Crippen molar-refractivity contribution in [2.75, 3.05) is 13.7 Å². The quantitative estimate of drug-likeness (QED) is 0.896. The molecular formula is C11H17BrN2O. The minimum absolute atomic E-state index is 0.0187. The molecule has 0 aliphatic carbocycles. The van der Waals surface area contributed by atoms with Crippen molar-refractivity contribution in [3.63, 3.8) is 0 Å². The molecule has 0 aromatic carbocycles. The van der Waals surface area contributed by atoms with Crippen LogP contribution < -0.4 is 5.73 Å². The molecule has 1 aromatic rings. The van der Waals surface area contributed by atoms with E-state index in [0.29, 0.717) is 5.92 Å². The normalized spacial score (nSPS) is 14.9. The highest BCUT2D eigenvalue weighted by atomic mass is 79.9. The van der Waals surface area contributed by atoms with E-state index < -0.39 is 0 Å². The van der Waals surface area contributed by atoms with Crippen molar-refractivity contribution in [3.8, 4) is 0 Å². The van der Waals surface area contributed by atoms with Crippen LogP contribution in [0.2, 0.25) is 0 Å². The van der Waals surface area contributed by atoms with E-state index in [2.05, 4.69) is 27.8 Å². The van der Waals surface area contributed by atoms with Crippen LogP contribution in [0.4, 0.5) is 0 Å². The van der Waals surface area contributed by atoms with Gasteiger partial charge >= 0.3 is 0 Å². The molecule has 0 radical (unpaired) electrons. The van der Waals surface area contributed by atoms with E-state index in [1.54, 1.807) is 13.3 Å². The Morgan fingerprint density at radius 3 is 2.87 bits per heavy atom. The molecule has 3 nitrogen and oxygen atoms in total. The summed E-state index contributed by atoms with van der Waals surface area (Å²) in [5.74, 6) is 0.390. The number of halogens is 1. The number of hydrogen-bond acceptors (Lipinski definition) is 3. The molecule has 0 bridgehead atoms. The van der Waals surface area contributed by atoms with Gasteiger partial charge in [-0.15, -0.1) is 0 Å². The number of aromatic nitrogens is 1. The van der Waals surface area contributed by atoms with Crippen LogP contribution in [0.15, 0.2) is 22.9 Å². The Bertz CT molecular complexity index is 306. The highest BCUT2D eigenvalue weighted by molar-refractivity contribution is 9.10. The minimum Gasteiger partial charge on any atom is -0.385 e. The summed E-state index contributed by atoms with van der Waals surface area (Å²) >= 11 is 3.39. The Balaban J connectivity index is 2.62. The van der Waals surface area contributed by atoms with Crippen molar-refractivity contribution in [2.24, 2.45) is 11.7 Å². The van der Waals surface area contributed by atoms with E-state index in [-0.39, 0.29) is 6.04 Å². The Kier molecular flexibility index (Phi) is 5.22. The molecule has 0 saturated carbocycles. The molecule has 2 atom stereocenters. The van der Waals surface area contributed by atoms with Gasteiger partial charge in [-0.3, -0.25) is 4.98 Å². The lowest BCUT2D eigenvalue weighted by Gasteiger charge is -2.19. The van der Waals surface area contributed by atoms with Crippen molar-refractivity contribution in [2.45, 2.75) is 19.4 Å². The van der Waals surface area contributed by atoms with Crippen LogP contribution in [0.1, 0.15) is 24.9 Å². The van der Waals surface area contributed by atoms with Crippen LogP contribution in [0.25, 0.3) is 0 Å². The molecule has 1 heterocycles. The number of pyridine rings is 1. The van der Waals surface area contributed by atoms with Crippen molar-refractivity contribution < 1.29 is 4.74 Å². The summed E-state index contributed by atoms with van der Waals surface area (Å²) in [5, 5.41) is 0. The summed E-state index contributed by atoms with van der Waals surface area (Å²) in [7, 11) is 1.71. The number of ether oxygens (including phenoxy) is 1. The fourth-order valence-electron chi connectivity index (χ4n) is 1.42. The second-order valence-corrected chi connectivity index (χ2v) is 4.64. The Morgan fingerprint density at radius 1 is 1.53 bits per heavy atom. The average molecular weight is 273 g/mol. The van der Waals surface area contributed by atoms with Crippen LogP contribution in [-0.4, -0.2) is 18.7 Å². The zero-order valence-corrected chi connectivity index (χ0v) is 10.7. The van der Waals surface area contributed by atoms with Gasteiger partial charge in [-0.25, -0.2) is 0 Å². The second-order valence-electron chi connectivity index (χ2n) is 3.72. The Morgan fingerprint density at radius 2 is 2.27 bits per heavy atom. The highest BCUT2D eigenvalue weighted by Crippen LogP contribution is 2.23. The molecule has 0 saturated heterocycles. The summed E-state index contributed by atoms with van der Waals surface area (Å²) in [6, 6.07) is 2.03. The molecule has 0 spiro atoms. The van der Waals surface area contributed by atoms with Crippen LogP contribution >= 0.6 is 15.9 Å². The predicted octanol–water partition coefficient (Wildman–Crippen LogP) is 2.52. The molecular weight excluding hydrogens is 256 g/mol. The lowest BCUT2D eigenvalue weighted by molar-refractivity contribution is 0.174. The van der Waals surface area contributed by atoms with Crippen molar-refractivity contribution >= 4 is 15.9 Å². The largest absolute Gasteiger partial charge is 0.385 e. The number of nitrogens with zero attached hydrogens (tertiary/aromatic N) is 1. The van der Waals surface area contributed by atoms with Gasteiger partial charge in [0.1, 0.15) is 0 Å². The third-order valence-electron chi connectivity index (χ3n) is 2.50. The van der Waals surface area contributed by atoms with Crippen LogP contribution in [0.3, 0.4) is 0 Å². The topological polar surface area (TPSA) is 48.1 Å². The third kappa shape index (κ3) is 3.89. The van der Waals surface area contributed by atoms with E-state index in [1.807, 2.05) is 12.3 Å². The van der Waals surface area contributed by atoms with E-state index in [9.17, 15) is 0 Å². The standard InChI is InChI=1S/C11H17BrN2O/c1-8(3-4-15-2)11(13)9-5-10(12)7-14-6-9/h5-8,11H,3-4,13H2,1-2H3. The molecule has 84 valence electrons. The molecule has 0 aliphatic heterocycles. The molecule has 0 fully saturated rings. The SMILES string of the molecule is COCCC(C)C(N)c1cncc(Br)c1. The molecule has 1 aromatic heterocycles. The third-order valence-corrected chi connectivity index (χ3v) is 2.93.